The van der Waals surface area contributed by atoms with Gasteiger partial charge in [0, 0.05) is 16.1 Å². The van der Waals surface area contributed by atoms with Crippen LogP contribution in [-0.2, 0) is 4.74 Å². The lowest BCUT2D eigenvalue weighted by Gasteiger charge is -2.17. The molecule has 0 aliphatic carbocycles. The topological polar surface area (TPSA) is 64.7 Å². The average Bonchev–Trinajstić information content (AvgIpc) is 2.34. The number of ether oxygens (including phenoxy) is 2. The number of aliphatic hydroxyl groups excluding tert-OH is 1. The molecule has 0 bridgehead atoms. The van der Waals surface area contributed by atoms with Crippen LogP contribution >= 0.6 is 15.9 Å². The fraction of sp³-hybridized carbons (Fsp3) is 0.571. The van der Waals surface area contributed by atoms with Crippen LogP contribution < -0.4 is 10.5 Å². The molecule has 0 aliphatic rings. The minimum Gasteiger partial charge on any atom is -0.490 e. The van der Waals surface area contributed by atoms with Gasteiger partial charge in [-0.15, -0.1) is 0 Å². The van der Waals surface area contributed by atoms with E-state index in [9.17, 15) is 5.11 Å². The molecule has 1 aromatic rings. The zero-order valence-corrected chi connectivity index (χ0v) is 13.2. The van der Waals surface area contributed by atoms with Crippen LogP contribution in [0.4, 0.5) is 0 Å². The maximum Gasteiger partial charge on any atom is 0.124 e. The Labute approximate surface area is 123 Å². The first-order valence-corrected chi connectivity index (χ1v) is 7.17. The largest absolute Gasteiger partial charge is 0.490 e. The van der Waals surface area contributed by atoms with E-state index in [2.05, 4.69) is 15.9 Å². The molecule has 0 amide bonds. The Hall–Kier alpha value is -0.620. The van der Waals surface area contributed by atoms with Gasteiger partial charge >= 0.3 is 0 Å². The highest BCUT2D eigenvalue weighted by atomic mass is 79.9. The molecule has 19 heavy (non-hydrogen) atoms. The Morgan fingerprint density at radius 1 is 1.26 bits per heavy atom. The molecule has 1 rings (SSSR count). The number of hydrogen-bond acceptors (Lipinski definition) is 4. The molecule has 4 nitrogen and oxygen atoms in total. The molecule has 0 spiro atoms. The summed E-state index contributed by atoms with van der Waals surface area (Å²) < 4.78 is 11.9. The van der Waals surface area contributed by atoms with Gasteiger partial charge in [0.1, 0.15) is 18.5 Å². The van der Waals surface area contributed by atoms with Gasteiger partial charge in [0.15, 0.2) is 0 Å². The van der Waals surface area contributed by atoms with Crippen LogP contribution in [0.25, 0.3) is 0 Å². The van der Waals surface area contributed by atoms with Crippen molar-refractivity contribution in [2.45, 2.75) is 39.0 Å². The highest BCUT2D eigenvalue weighted by molar-refractivity contribution is 9.10. The molecule has 5 heteroatoms. The van der Waals surface area contributed by atoms with E-state index in [0.717, 1.165) is 10.0 Å². The molecule has 0 aromatic heterocycles. The molecule has 108 valence electrons. The third-order valence-corrected chi connectivity index (χ3v) is 3.01. The van der Waals surface area contributed by atoms with E-state index in [4.69, 9.17) is 15.2 Å². The molecule has 0 saturated heterocycles. The van der Waals surface area contributed by atoms with Crippen molar-refractivity contribution in [1.82, 2.24) is 0 Å². The fourth-order valence-electron chi connectivity index (χ4n) is 1.54. The Balaban J connectivity index is 2.57. The van der Waals surface area contributed by atoms with E-state index in [1.807, 2.05) is 39.0 Å². The second-order valence-corrected chi connectivity index (χ2v) is 5.73. The third-order valence-electron chi connectivity index (χ3n) is 2.52. The highest BCUT2D eigenvalue weighted by Crippen LogP contribution is 2.27. The van der Waals surface area contributed by atoms with Crippen molar-refractivity contribution in [3.05, 3.63) is 28.2 Å². The van der Waals surface area contributed by atoms with Crippen LogP contribution in [0, 0.1) is 0 Å². The Morgan fingerprint density at radius 2 is 1.95 bits per heavy atom. The fourth-order valence-corrected chi connectivity index (χ4v) is 1.92. The molecule has 0 radical (unpaired) electrons. The summed E-state index contributed by atoms with van der Waals surface area (Å²) in [5.41, 5.74) is 6.81. The van der Waals surface area contributed by atoms with Crippen LogP contribution in [0.3, 0.4) is 0 Å². The third kappa shape index (κ3) is 5.91. The van der Waals surface area contributed by atoms with Crippen molar-refractivity contribution in [1.29, 1.82) is 0 Å². The normalized spacial score (nSPS) is 14.5. The molecule has 0 fully saturated rings. The summed E-state index contributed by atoms with van der Waals surface area (Å²) in [5, 5.41) is 9.75. The van der Waals surface area contributed by atoms with Gasteiger partial charge in [0.05, 0.1) is 12.7 Å². The second kappa shape index (κ2) is 7.85. The molecule has 2 unspecified atom stereocenters. The summed E-state index contributed by atoms with van der Waals surface area (Å²) in [7, 11) is 0. The van der Waals surface area contributed by atoms with Crippen LogP contribution in [0.15, 0.2) is 22.7 Å². The van der Waals surface area contributed by atoms with Gasteiger partial charge in [0.25, 0.3) is 0 Å². The summed E-state index contributed by atoms with van der Waals surface area (Å²) in [6, 6.07) is 5.53. The number of benzene rings is 1. The molecule has 0 heterocycles. The van der Waals surface area contributed by atoms with Gasteiger partial charge in [-0.1, -0.05) is 15.9 Å². The predicted octanol–water partition coefficient (Wildman–Crippen LogP) is 2.63. The Morgan fingerprint density at radius 3 is 2.53 bits per heavy atom. The van der Waals surface area contributed by atoms with Gasteiger partial charge in [0.2, 0.25) is 0 Å². The van der Waals surface area contributed by atoms with Crippen molar-refractivity contribution in [3.63, 3.8) is 0 Å². The van der Waals surface area contributed by atoms with Crippen molar-refractivity contribution in [3.8, 4) is 5.75 Å². The molecular formula is C14H22BrNO3. The van der Waals surface area contributed by atoms with E-state index in [1.54, 1.807) is 0 Å². The smallest absolute Gasteiger partial charge is 0.124 e. The van der Waals surface area contributed by atoms with Crippen molar-refractivity contribution < 1.29 is 14.6 Å². The summed E-state index contributed by atoms with van der Waals surface area (Å²) in [4.78, 5) is 0. The number of halogens is 1. The monoisotopic (exact) mass is 331 g/mol. The maximum atomic E-state index is 9.75. The zero-order chi connectivity index (χ0) is 14.4. The van der Waals surface area contributed by atoms with Gasteiger partial charge in [-0.05, 0) is 39.0 Å². The molecule has 0 saturated carbocycles. The number of aliphatic hydroxyl groups is 1. The molecule has 3 N–H and O–H groups in total. The number of rotatable bonds is 7. The molecule has 0 aliphatic heterocycles. The van der Waals surface area contributed by atoms with E-state index in [1.165, 1.54) is 0 Å². The van der Waals surface area contributed by atoms with Gasteiger partial charge in [-0.25, -0.2) is 0 Å². The van der Waals surface area contributed by atoms with Crippen molar-refractivity contribution in [2.24, 2.45) is 5.73 Å². The SMILES string of the molecule is CC(C)OCC(O)COc1ccc(Br)cc1C(C)N. The lowest BCUT2D eigenvalue weighted by molar-refractivity contribution is -0.0124. The lowest BCUT2D eigenvalue weighted by Crippen LogP contribution is -2.25. The quantitative estimate of drug-likeness (QED) is 0.806. The van der Waals surface area contributed by atoms with Gasteiger partial charge in [-0.3, -0.25) is 0 Å². The lowest BCUT2D eigenvalue weighted by atomic mass is 10.1. The van der Waals surface area contributed by atoms with E-state index in [-0.39, 0.29) is 25.4 Å². The second-order valence-electron chi connectivity index (χ2n) is 4.82. The number of nitrogens with two attached hydrogens (primary N) is 1. The Bertz CT molecular complexity index is 396. The van der Waals surface area contributed by atoms with Crippen molar-refractivity contribution >= 4 is 15.9 Å². The van der Waals surface area contributed by atoms with Crippen LogP contribution in [-0.4, -0.2) is 30.5 Å². The summed E-state index contributed by atoms with van der Waals surface area (Å²) >= 11 is 3.40. The van der Waals surface area contributed by atoms with Crippen LogP contribution in [0.1, 0.15) is 32.4 Å². The van der Waals surface area contributed by atoms with Crippen LogP contribution in [0.5, 0.6) is 5.75 Å². The van der Waals surface area contributed by atoms with E-state index in [0.29, 0.717) is 5.75 Å². The van der Waals surface area contributed by atoms with E-state index < -0.39 is 6.10 Å². The standard InChI is InChI=1S/C14H22BrNO3/c1-9(2)18-7-12(17)8-19-14-5-4-11(15)6-13(14)10(3)16/h4-6,9-10,12,17H,7-8,16H2,1-3H3. The first-order chi connectivity index (χ1) is 8.90. The molecule has 1 aromatic carbocycles. The van der Waals surface area contributed by atoms with Crippen molar-refractivity contribution in [2.75, 3.05) is 13.2 Å². The van der Waals surface area contributed by atoms with E-state index >= 15 is 0 Å². The zero-order valence-electron chi connectivity index (χ0n) is 11.6. The number of hydrogen-bond donors (Lipinski definition) is 2. The molecular weight excluding hydrogens is 310 g/mol. The summed E-state index contributed by atoms with van der Waals surface area (Å²) in [6.07, 6.45) is -0.547. The average molecular weight is 332 g/mol. The summed E-state index contributed by atoms with van der Waals surface area (Å²) in [5.74, 6) is 0.696. The molecule has 2 atom stereocenters. The Kier molecular flexibility index (Phi) is 6.79. The van der Waals surface area contributed by atoms with Crippen LogP contribution in [0.2, 0.25) is 0 Å². The predicted molar refractivity (Wildman–Crippen MR) is 79.3 cm³/mol. The minimum atomic E-state index is -0.646. The first kappa shape index (κ1) is 16.4. The first-order valence-electron chi connectivity index (χ1n) is 6.37. The van der Waals surface area contributed by atoms with Gasteiger partial charge in [-0.2, -0.15) is 0 Å². The highest BCUT2D eigenvalue weighted by Gasteiger charge is 2.12. The maximum absolute atomic E-state index is 9.75. The summed E-state index contributed by atoms with van der Waals surface area (Å²) in [6.45, 7) is 6.20. The van der Waals surface area contributed by atoms with Gasteiger partial charge < -0.3 is 20.3 Å². The minimum absolute atomic E-state index is 0.0990.